The Morgan fingerprint density at radius 2 is 1.08 bits per heavy atom. The number of hydrogen-bond acceptors (Lipinski definition) is 3. The SMILES string of the molecule is CC1(C)N=C(c2cncc(-c3c4ccccc4c(-c4ccc5ccccc5c4)c4ccccc34)c2)SC1(C)C. The van der Waals surface area contributed by atoms with Gasteiger partial charge in [-0.25, -0.2) is 0 Å². The summed E-state index contributed by atoms with van der Waals surface area (Å²) in [5, 5.41) is 8.56. The number of rotatable bonds is 3. The molecule has 0 saturated heterocycles. The van der Waals surface area contributed by atoms with Crippen molar-refractivity contribution in [3.8, 4) is 22.3 Å². The van der Waals surface area contributed by atoms with E-state index in [0.717, 1.165) is 16.2 Å². The fourth-order valence-electron chi connectivity index (χ4n) is 5.69. The maximum absolute atomic E-state index is 5.12. The van der Waals surface area contributed by atoms with Crippen molar-refractivity contribution in [2.24, 2.45) is 4.99 Å². The van der Waals surface area contributed by atoms with Crippen molar-refractivity contribution in [3.05, 3.63) is 115 Å². The van der Waals surface area contributed by atoms with Crippen molar-refractivity contribution < 1.29 is 0 Å². The number of fused-ring (bicyclic) bond motifs is 3. The summed E-state index contributed by atoms with van der Waals surface area (Å²) in [5.74, 6) is 0. The summed E-state index contributed by atoms with van der Waals surface area (Å²) >= 11 is 1.85. The zero-order valence-corrected chi connectivity index (χ0v) is 23.5. The van der Waals surface area contributed by atoms with Crippen LogP contribution in [0.1, 0.15) is 33.3 Å². The van der Waals surface area contributed by atoms with Crippen LogP contribution in [-0.4, -0.2) is 20.3 Å². The number of hydrogen-bond donors (Lipinski definition) is 0. The number of benzene rings is 5. The lowest BCUT2D eigenvalue weighted by molar-refractivity contribution is 0.426. The fraction of sp³-hybridized carbons (Fsp3) is 0.167. The molecule has 6 aromatic rings. The maximum Gasteiger partial charge on any atom is 0.101 e. The molecule has 1 aromatic heterocycles. The van der Waals surface area contributed by atoms with E-state index in [9.17, 15) is 0 Å². The Bertz CT molecular complexity index is 1890. The van der Waals surface area contributed by atoms with Gasteiger partial charge in [-0.1, -0.05) is 96.7 Å². The Hall–Kier alpha value is -3.95. The van der Waals surface area contributed by atoms with Crippen LogP contribution in [0.4, 0.5) is 0 Å². The van der Waals surface area contributed by atoms with Gasteiger partial charge >= 0.3 is 0 Å². The molecule has 0 radical (unpaired) electrons. The first-order valence-electron chi connectivity index (χ1n) is 13.5. The molecule has 0 aliphatic carbocycles. The molecule has 7 rings (SSSR count). The third kappa shape index (κ3) is 3.87. The van der Waals surface area contributed by atoms with Gasteiger partial charge < -0.3 is 0 Å². The fourth-order valence-corrected chi connectivity index (χ4v) is 6.97. The third-order valence-electron chi connectivity index (χ3n) is 8.45. The van der Waals surface area contributed by atoms with E-state index in [1.54, 1.807) is 0 Å². The Morgan fingerprint density at radius 1 is 0.538 bits per heavy atom. The van der Waals surface area contributed by atoms with Crippen molar-refractivity contribution in [2.75, 3.05) is 0 Å². The summed E-state index contributed by atoms with van der Waals surface area (Å²) < 4.78 is 0.0270. The van der Waals surface area contributed by atoms with E-state index in [2.05, 4.69) is 125 Å². The highest BCUT2D eigenvalue weighted by molar-refractivity contribution is 8.15. The molecule has 0 fully saturated rings. The van der Waals surface area contributed by atoms with Crippen molar-refractivity contribution >= 4 is 49.1 Å². The summed E-state index contributed by atoms with van der Waals surface area (Å²) in [6.07, 6.45) is 3.96. The van der Waals surface area contributed by atoms with E-state index < -0.39 is 0 Å². The first kappa shape index (κ1) is 24.1. The van der Waals surface area contributed by atoms with E-state index >= 15 is 0 Å². The zero-order chi connectivity index (χ0) is 26.8. The number of aliphatic imine (C=N–C) groups is 1. The molecule has 0 spiro atoms. The van der Waals surface area contributed by atoms with E-state index in [0.29, 0.717) is 0 Å². The molecule has 1 aliphatic rings. The zero-order valence-electron chi connectivity index (χ0n) is 22.7. The number of pyridine rings is 1. The van der Waals surface area contributed by atoms with E-state index in [-0.39, 0.29) is 10.3 Å². The van der Waals surface area contributed by atoms with Crippen LogP contribution in [0.2, 0.25) is 0 Å². The molecule has 5 aromatic carbocycles. The summed E-state index contributed by atoms with van der Waals surface area (Å²) in [6.45, 7) is 8.99. The monoisotopic (exact) mass is 522 g/mol. The van der Waals surface area contributed by atoms with Crippen molar-refractivity contribution in [1.82, 2.24) is 4.98 Å². The summed E-state index contributed by atoms with van der Waals surface area (Å²) in [6, 6.07) is 35.3. The van der Waals surface area contributed by atoms with Gasteiger partial charge in [0.2, 0.25) is 0 Å². The normalized spacial score (nSPS) is 16.2. The lowest BCUT2D eigenvalue weighted by atomic mass is 9.86. The van der Waals surface area contributed by atoms with Crippen molar-refractivity contribution in [2.45, 2.75) is 38.0 Å². The average Bonchev–Trinajstić information content (AvgIpc) is 3.17. The second-order valence-corrected chi connectivity index (χ2v) is 13.1. The van der Waals surface area contributed by atoms with Crippen molar-refractivity contribution in [1.29, 1.82) is 0 Å². The standard InChI is InChI=1S/C36H30N2S/c1-35(2)36(3,4)39-34(38-35)27-20-26(21-37-22-27)33-30-15-9-7-13-28(30)32(29-14-8-10-16-31(29)33)25-18-17-23-11-5-6-12-24(23)19-25/h5-22H,1-4H3. The lowest BCUT2D eigenvalue weighted by Crippen LogP contribution is -2.36. The highest BCUT2D eigenvalue weighted by Gasteiger charge is 2.44. The molecule has 1 aliphatic heterocycles. The molecule has 190 valence electrons. The molecular formula is C36H30N2S. The Balaban J connectivity index is 1.49. The van der Waals surface area contributed by atoms with Crippen LogP contribution in [0.5, 0.6) is 0 Å². The highest BCUT2D eigenvalue weighted by atomic mass is 32.2. The molecule has 0 bridgehead atoms. The van der Waals surface area contributed by atoms with Gasteiger partial charge in [0.1, 0.15) is 5.04 Å². The smallest absolute Gasteiger partial charge is 0.101 e. The number of thioether (sulfide) groups is 1. The summed E-state index contributed by atoms with van der Waals surface area (Å²) in [7, 11) is 0. The molecule has 0 N–H and O–H groups in total. The second kappa shape index (κ2) is 8.79. The van der Waals surface area contributed by atoms with Gasteiger partial charge in [0, 0.05) is 28.3 Å². The largest absolute Gasteiger partial charge is 0.270 e. The number of nitrogens with zero attached hydrogens (tertiary/aromatic N) is 2. The van der Waals surface area contributed by atoms with Crippen LogP contribution in [0.25, 0.3) is 54.6 Å². The molecule has 2 heterocycles. The summed E-state index contributed by atoms with van der Waals surface area (Å²) in [4.78, 5) is 9.86. The molecule has 2 nitrogen and oxygen atoms in total. The molecule has 0 atom stereocenters. The van der Waals surface area contributed by atoms with Gasteiger partial charge in [0.25, 0.3) is 0 Å². The van der Waals surface area contributed by atoms with Crippen LogP contribution in [-0.2, 0) is 0 Å². The van der Waals surface area contributed by atoms with Crippen LogP contribution in [0.3, 0.4) is 0 Å². The molecule has 0 unspecified atom stereocenters. The molecular weight excluding hydrogens is 492 g/mol. The third-order valence-corrected chi connectivity index (χ3v) is 9.98. The van der Waals surface area contributed by atoms with E-state index in [4.69, 9.17) is 9.98 Å². The summed E-state index contributed by atoms with van der Waals surface area (Å²) in [5.41, 5.74) is 5.81. The average molecular weight is 523 g/mol. The Labute approximate surface area is 233 Å². The number of aromatic nitrogens is 1. The van der Waals surface area contributed by atoms with Gasteiger partial charge in [-0.15, -0.1) is 0 Å². The van der Waals surface area contributed by atoms with Crippen molar-refractivity contribution in [3.63, 3.8) is 0 Å². The van der Waals surface area contributed by atoms with Gasteiger partial charge in [0.05, 0.1) is 5.54 Å². The molecule has 0 saturated carbocycles. The van der Waals surface area contributed by atoms with Crippen LogP contribution in [0.15, 0.2) is 114 Å². The van der Waals surface area contributed by atoms with Crippen LogP contribution < -0.4 is 0 Å². The first-order chi connectivity index (χ1) is 18.8. The van der Waals surface area contributed by atoms with Gasteiger partial charge in [-0.05, 0) is 88.8 Å². The van der Waals surface area contributed by atoms with E-state index in [1.165, 1.54) is 49.0 Å². The Kier molecular flexibility index (Phi) is 5.43. The highest BCUT2D eigenvalue weighted by Crippen LogP contribution is 2.47. The molecule has 0 amide bonds. The topological polar surface area (TPSA) is 25.2 Å². The minimum atomic E-state index is -0.135. The molecule has 39 heavy (non-hydrogen) atoms. The first-order valence-corrected chi connectivity index (χ1v) is 14.3. The van der Waals surface area contributed by atoms with Crippen LogP contribution >= 0.6 is 11.8 Å². The minimum absolute atomic E-state index is 0.0270. The van der Waals surface area contributed by atoms with E-state index in [1.807, 2.05) is 24.2 Å². The predicted molar refractivity (Wildman–Crippen MR) is 170 cm³/mol. The minimum Gasteiger partial charge on any atom is -0.270 e. The maximum atomic E-state index is 5.12. The molecule has 3 heteroatoms. The van der Waals surface area contributed by atoms with Gasteiger partial charge in [-0.3, -0.25) is 9.98 Å². The predicted octanol–water partition coefficient (Wildman–Crippen LogP) is 9.93. The van der Waals surface area contributed by atoms with Gasteiger partial charge in [-0.2, -0.15) is 0 Å². The lowest BCUT2D eigenvalue weighted by Gasteiger charge is -2.30. The Morgan fingerprint density at radius 3 is 1.67 bits per heavy atom. The van der Waals surface area contributed by atoms with Crippen LogP contribution in [0, 0.1) is 0 Å². The quantitative estimate of drug-likeness (QED) is 0.216. The van der Waals surface area contributed by atoms with Gasteiger partial charge in [0.15, 0.2) is 0 Å². The second-order valence-electron chi connectivity index (χ2n) is 11.5.